The van der Waals surface area contributed by atoms with Gasteiger partial charge in [-0.25, -0.2) is 4.99 Å². The summed E-state index contributed by atoms with van der Waals surface area (Å²) in [5, 5.41) is -1.32. The molecule has 0 unspecified atom stereocenters. The number of carbonyl (C=O) groups excluding carboxylic acids is 2. The van der Waals surface area contributed by atoms with Gasteiger partial charge in [-0.2, -0.15) is 0 Å². The molecule has 0 aliphatic rings. The number of aliphatic imine (C=N–C) groups is 1. The smallest absolute Gasteiger partial charge is 0.252 e. The molecule has 1 aromatic rings. The normalized spacial score (nSPS) is 10.6. The van der Waals surface area contributed by atoms with E-state index in [2.05, 4.69) is 4.99 Å². The molecule has 90 valence electrons. The molecule has 0 heterocycles. The highest BCUT2D eigenvalue weighted by Gasteiger charge is 2.09. The molecule has 17 heavy (non-hydrogen) atoms. The fraction of sp³-hybridized carbons (Fsp3) is 0.182. The number of hydrogen-bond donors (Lipinski definition) is 0. The van der Waals surface area contributed by atoms with Crippen LogP contribution in [0.3, 0.4) is 0 Å². The second-order valence-corrected chi connectivity index (χ2v) is 4.21. The number of hydrogen-bond acceptors (Lipinski definition) is 3. The molecule has 0 saturated carbocycles. The van der Waals surface area contributed by atoms with E-state index < -0.39 is 10.5 Å². The summed E-state index contributed by atoms with van der Waals surface area (Å²) >= 11 is 10.7. The lowest BCUT2D eigenvalue weighted by atomic mass is 10.1. The van der Waals surface area contributed by atoms with Gasteiger partial charge in [-0.1, -0.05) is 0 Å². The van der Waals surface area contributed by atoms with E-state index in [9.17, 15) is 9.59 Å². The maximum absolute atomic E-state index is 11.1. The third-order valence-corrected chi connectivity index (χ3v) is 2.25. The molecule has 0 N–H and O–H groups in total. The van der Waals surface area contributed by atoms with Gasteiger partial charge in [0.1, 0.15) is 0 Å². The number of nitrogens with zero attached hydrogens (tertiary/aromatic N) is 2. The van der Waals surface area contributed by atoms with Gasteiger partial charge in [0, 0.05) is 25.2 Å². The van der Waals surface area contributed by atoms with E-state index in [-0.39, 0.29) is 11.1 Å². The van der Waals surface area contributed by atoms with E-state index in [0.717, 1.165) is 0 Å². The molecule has 0 radical (unpaired) electrons. The summed E-state index contributed by atoms with van der Waals surface area (Å²) in [7, 11) is 3.60. The van der Waals surface area contributed by atoms with Crippen molar-refractivity contribution in [2.24, 2.45) is 4.99 Å². The average molecular weight is 273 g/mol. The Morgan fingerprint density at radius 2 is 1.59 bits per heavy atom. The van der Waals surface area contributed by atoms with Crippen LogP contribution in [0.2, 0.25) is 0 Å². The summed E-state index contributed by atoms with van der Waals surface area (Å²) in [6.45, 7) is 0. The third kappa shape index (κ3) is 4.17. The zero-order valence-electron chi connectivity index (χ0n) is 9.28. The van der Waals surface area contributed by atoms with Crippen LogP contribution in [0.25, 0.3) is 0 Å². The number of benzene rings is 1. The van der Waals surface area contributed by atoms with Gasteiger partial charge in [-0.15, -0.1) is 0 Å². The Labute approximate surface area is 109 Å². The van der Waals surface area contributed by atoms with Crippen molar-refractivity contribution in [3.05, 3.63) is 29.3 Å². The van der Waals surface area contributed by atoms with Crippen molar-refractivity contribution in [2.75, 3.05) is 14.1 Å². The average Bonchev–Trinajstić information content (AvgIpc) is 2.25. The Balaban J connectivity index is 3.21. The topological polar surface area (TPSA) is 49.7 Å². The number of halogens is 2. The van der Waals surface area contributed by atoms with Crippen LogP contribution in [0.15, 0.2) is 23.2 Å². The second-order valence-electron chi connectivity index (χ2n) is 3.52. The molecule has 0 bridgehead atoms. The van der Waals surface area contributed by atoms with E-state index in [4.69, 9.17) is 23.2 Å². The minimum Gasteiger partial charge on any atom is -0.369 e. The summed E-state index contributed by atoms with van der Waals surface area (Å²) in [5.41, 5.74) is 0.808. The maximum Gasteiger partial charge on any atom is 0.252 e. The number of rotatable bonds is 4. The first-order chi connectivity index (χ1) is 7.90. The first kappa shape index (κ1) is 13.7. The standard InChI is InChI=1S/C11H10Cl2N2O2/c1-15(2)6-14-9-4-7(10(12)16)3-8(5-9)11(13)17/h3-6H,1-2H3. The second kappa shape index (κ2) is 5.80. The largest absolute Gasteiger partial charge is 0.369 e. The van der Waals surface area contributed by atoms with Crippen LogP contribution in [0.1, 0.15) is 20.7 Å². The maximum atomic E-state index is 11.1. The van der Waals surface area contributed by atoms with E-state index in [1.54, 1.807) is 25.3 Å². The van der Waals surface area contributed by atoms with Crippen LogP contribution in [-0.4, -0.2) is 35.8 Å². The van der Waals surface area contributed by atoms with Gasteiger partial charge in [0.15, 0.2) is 0 Å². The SMILES string of the molecule is CN(C)C=Nc1cc(C(=O)Cl)cc(C(=O)Cl)c1. The van der Waals surface area contributed by atoms with Gasteiger partial charge in [-0.3, -0.25) is 9.59 Å². The predicted molar refractivity (Wildman–Crippen MR) is 68.6 cm³/mol. The monoisotopic (exact) mass is 272 g/mol. The Morgan fingerprint density at radius 3 is 1.94 bits per heavy atom. The van der Waals surface area contributed by atoms with Crippen molar-refractivity contribution in [1.82, 2.24) is 4.90 Å². The lowest BCUT2D eigenvalue weighted by Gasteiger charge is -2.04. The van der Waals surface area contributed by atoms with Crippen LogP contribution >= 0.6 is 23.2 Å². The van der Waals surface area contributed by atoms with Crippen molar-refractivity contribution in [3.8, 4) is 0 Å². The van der Waals surface area contributed by atoms with E-state index >= 15 is 0 Å². The molecule has 0 amide bonds. The highest BCUT2D eigenvalue weighted by atomic mass is 35.5. The van der Waals surface area contributed by atoms with Crippen molar-refractivity contribution in [3.63, 3.8) is 0 Å². The molecule has 4 nitrogen and oxygen atoms in total. The molecule has 1 aromatic carbocycles. The minimum absolute atomic E-state index is 0.184. The lowest BCUT2D eigenvalue weighted by Crippen LogP contribution is -2.07. The molecule has 1 rings (SSSR count). The molecule has 0 atom stereocenters. The van der Waals surface area contributed by atoms with Crippen LogP contribution in [-0.2, 0) is 0 Å². The molecule has 0 aliphatic carbocycles. The Kier molecular flexibility index (Phi) is 4.66. The molecule has 0 spiro atoms. The van der Waals surface area contributed by atoms with E-state index in [1.807, 2.05) is 0 Å². The Morgan fingerprint density at radius 1 is 1.12 bits per heavy atom. The Hall–Kier alpha value is -1.39. The molecule has 0 aromatic heterocycles. The highest BCUT2D eigenvalue weighted by Crippen LogP contribution is 2.20. The van der Waals surface area contributed by atoms with Gasteiger partial charge in [0.25, 0.3) is 10.5 Å². The quantitative estimate of drug-likeness (QED) is 0.481. The summed E-state index contributed by atoms with van der Waals surface area (Å²) in [4.78, 5) is 27.9. The van der Waals surface area contributed by atoms with Crippen LogP contribution in [0.4, 0.5) is 5.69 Å². The zero-order chi connectivity index (χ0) is 13.0. The predicted octanol–water partition coefficient (Wildman–Crippen LogP) is 2.67. The van der Waals surface area contributed by atoms with Crippen molar-refractivity contribution in [2.45, 2.75) is 0 Å². The fourth-order valence-electron chi connectivity index (χ4n) is 1.09. The molecular weight excluding hydrogens is 263 g/mol. The van der Waals surface area contributed by atoms with Crippen LogP contribution in [0, 0.1) is 0 Å². The summed E-state index contributed by atoms with van der Waals surface area (Å²) < 4.78 is 0. The first-order valence-electron chi connectivity index (χ1n) is 4.65. The lowest BCUT2D eigenvalue weighted by molar-refractivity contribution is 0.108. The first-order valence-corrected chi connectivity index (χ1v) is 5.41. The van der Waals surface area contributed by atoms with Crippen molar-refractivity contribution >= 4 is 45.7 Å². The van der Waals surface area contributed by atoms with Crippen molar-refractivity contribution < 1.29 is 9.59 Å². The molecule has 6 heteroatoms. The molecule has 0 aliphatic heterocycles. The van der Waals surface area contributed by atoms with Gasteiger partial charge in [0.2, 0.25) is 0 Å². The van der Waals surface area contributed by atoms with E-state index in [0.29, 0.717) is 5.69 Å². The van der Waals surface area contributed by atoms with Gasteiger partial charge >= 0.3 is 0 Å². The summed E-state index contributed by atoms with van der Waals surface area (Å²) in [6.07, 6.45) is 1.54. The molecular formula is C11H10Cl2N2O2. The van der Waals surface area contributed by atoms with Gasteiger partial charge in [-0.05, 0) is 41.4 Å². The highest BCUT2D eigenvalue weighted by molar-refractivity contribution is 6.69. The van der Waals surface area contributed by atoms with Crippen molar-refractivity contribution in [1.29, 1.82) is 0 Å². The summed E-state index contributed by atoms with van der Waals surface area (Å²) in [5.74, 6) is 0. The third-order valence-electron chi connectivity index (χ3n) is 1.81. The molecule has 0 fully saturated rings. The van der Waals surface area contributed by atoms with Gasteiger partial charge in [0.05, 0.1) is 12.0 Å². The fourth-order valence-corrected chi connectivity index (χ4v) is 1.31. The van der Waals surface area contributed by atoms with E-state index in [1.165, 1.54) is 18.2 Å². The number of carbonyl (C=O) groups is 2. The molecule has 0 saturated heterocycles. The van der Waals surface area contributed by atoms with Crippen LogP contribution in [0.5, 0.6) is 0 Å². The van der Waals surface area contributed by atoms with Gasteiger partial charge < -0.3 is 4.90 Å². The Bertz CT molecular complexity index is 452. The van der Waals surface area contributed by atoms with Crippen LogP contribution < -0.4 is 0 Å². The summed E-state index contributed by atoms with van der Waals surface area (Å²) in [6, 6.07) is 4.30. The minimum atomic E-state index is -0.661. The zero-order valence-corrected chi connectivity index (χ0v) is 10.8.